The summed E-state index contributed by atoms with van der Waals surface area (Å²) in [6.07, 6.45) is 3.24. The first-order valence-corrected chi connectivity index (χ1v) is 9.65. The molecule has 0 aromatic carbocycles. The summed E-state index contributed by atoms with van der Waals surface area (Å²) in [7, 11) is 0. The predicted octanol–water partition coefficient (Wildman–Crippen LogP) is 1.32. The fourth-order valence-corrected chi connectivity index (χ4v) is 5.94. The van der Waals surface area contributed by atoms with Gasteiger partial charge in [-0.15, -0.1) is 0 Å². The minimum atomic E-state index is -1.26. The van der Waals surface area contributed by atoms with Crippen LogP contribution in [0, 0.1) is 10.1 Å². The van der Waals surface area contributed by atoms with E-state index < -0.39 is 24.6 Å². The van der Waals surface area contributed by atoms with Gasteiger partial charge in [0.25, 0.3) is 0 Å². The summed E-state index contributed by atoms with van der Waals surface area (Å²) in [5.41, 5.74) is 0.186. The number of nitrogens with zero attached hydrogens (tertiary/aromatic N) is 1. The standard InChI is InChI=1S/C5H4ClNO2.Hg/c1-2-3-5(4-6)7(8)9;/h1-4H;. The summed E-state index contributed by atoms with van der Waals surface area (Å²) in [5, 5.41) is 10.2. The van der Waals surface area contributed by atoms with E-state index in [-0.39, 0.29) is 13.5 Å². The van der Waals surface area contributed by atoms with E-state index in [0.717, 1.165) is 0 Å². The third-order valence-electron chi connectivity index (χ3n) is 1.28. The van der Waals surface area contributed by atoms with E-state index in [1.54, 1.807) is 6.08 Å². The number of hydrogen-bond donors (Lipinski definition) is 0. The summed E-state index contributed by atoms with van der Waals surface area (Å²) in [5.74, 6) is 0. The van der Waals surface area contributed by atoms with Crippen molar-refractivity contribution in [2.45, 2.75) is 2.89 Å². The monoisotopic (exact) mass is 347 g/mol. The van der Waals surface area contributed by atoms with Crippen LogP contribution in [0.4, 0.5) is 0 Å². The average molecular weight is 346 g/mol. The van der Waals surface area contributed by atoms with Crippen molar-refractivity contribution < 1.29 is 29.5 Å². The molecule has 3 nitrogen and oxygen atoms in total. The fraction of sp³-hybridized carbons (Fsp3) is 0.200. The fourth-order valence-electron chi connectivity index (χ4n) is 0.765. The molecule has 0 bridgehead atoms. The van der Waals surface area contributed by atoms with E-state index in [9.17, 15) is 10.1 Å². The van der Waals surface area contributed by atoms with Gasteiger partial charge >= 0.3 is 75.5 Å². The molecule has 10 heavy (non-hydrogen) atoms. The molecule has 1 atom stereocenters. The molecule has 0 aromatic rings. The van der Waals surface area contributed by atoms with Crippen molar-refractivity contribution in [2.24, 2.45) is 0 Å². The quantitative estimate of drug-likeness (QED) is 0.311. The van der Waals surface area contributed by atoms with Gasteiger partial charge in [0.2, 0.25) is 0 Å². The average Bonchev–Trinajstić information content (AvgIpc) is 1.88. The molecule has 1 unspecified atom stereocenters. The molecule has 1 rings (SSSR count). The van der Waals surface area contributed by atoms with Crippen molar-refractivity contribution in [3.8, 4) is 0 Å². The Balaban J connectivity index is 2.80. The van der Waals surface area contributed by atoms with Crippen molar-refractivity contribution in [2.75, 3.05) is 0 Å². The van der Waals surface area contributed by atoms with E-state index in [4.69, 9.17) is 11.6 Å². The van der Waals surface area contributed by atoms with Crippen molar-refractivity contribution in [1.82, 2.24) is 0 Å². The van der Waals surface area contributed by atoms with Crippen LogP contribution in [0.25, 0.3) is 0 Å². The molecular weight excluding hydrogens is 342 g/mol. The molecule has 0 radical (unpaired) electrons. The Morgan fingerprint density at radius 2 is 2.50 bits per heavy atom. The van der Waals surface area contributed by atoms with E-state index in [1.807, 2.05) is 3.58 Å². The number of halogens is 1. The first-order chi connectivity index (χ1) is 4.72. The maximum atomic E-state index is 10.2. The molecule has 0 N–H and O–H groups in total. The van der Waals surface area contributed by atoms with Gasteiger partial charge in [-0.2, -0.15) is 0 Å². The van der Waals surface area contributed by atoms with Crippen LogP contribution in [0.15, 0.2) is 21.4 Å². The van der Waals surface area contributed by atoms with Crippen LogP contribution >= 0.6 is 11.6 Å². The molecular formula is C5H4ClHgNO2. The zero-order chi connectivity index (χ0) is 7.56. The molecule has 0 spiro atoms. The normalized spacial score (nSPS) is 22.5. The van der Waals surface area contributed by atoms with Crippen LogP contribution in [-0.4, -0.2) is 7.81 Å². The molecule has 50 valence electrons. The van der Waals surface area contributed by atoms with Gasteiger partial charge < -0.3 is 0 Å². The molecule has 1 aliphatic heterocycles. The van der Waals surface area contributed by atoms with Gasteiger partial charge in [0.15, 0.2) is 0 Å². The SMILES string of the molecule is O=[N+]([O-])C1=CC=[CH][Hg][CH]1Cl. The van der Waals surface area contributed by atoms with Gasteiger partial charge in [0, 0.05) is 0 Å². The van der Waals surface area contributed by atoms with E-state index >= 15 is 0 Å². The molecule has 5 heteroatoms. The summed E-state index contributed by atoms with van der Waals surface area (Å²) in [4.78, 5) is 9.83. The minimum absolute atomic E-state index is 0.186. The van der Waals surface area contributed by atoms with Crippen molar-refractivity contribution in [1.29, 1.82) is 0 Å². The Hall–Kier alpha value is 0.105. The van der Waals surface area contributed by atoms with Crippen LogP contribution in [0.5, 0.6) is 0 Å². The summed E-state index contributed by atoms with van der Waals surface area (Å²) in [6, 6.07) is 0. The summed E-state index contributed by atoms with van der Waals surface area (Å²) >= 11 is 4.45. The molecule has 0 saturated heterocycles. The topological polar surface area (TPSA) is 43.1 Å². The molecule has 0 aromatic heterocycles. The second-order valence-corrected chi connectivity index (χ2v) is 11.4. The second kappa shape index (κ2) is 3.48. The van der Waals surface area contributed by atoms with Crippen molar-refractivity contribution >= 4 is 11.6 Å². The number of allylic oxidation sites excluding steroid dienone is 3. The Bertz CT molecular complexity index is 214. The van der Waals surface area contributed by atoms with Gasteiger partial charge in [0.1, 0.15) is 0 Å². The Labute approximate surface area is 75.3 Å². The second-order valence-electron chi connectivity index (χ2n) is 1.98. The first kappa shape index (κ1) is 8.20. The zero-order valence-corrected chi connectivity index (χ0v) is 11.4. The van der Waals surface area contributed by atoms with Crippen molar-refractivity contribution in [3.63, 3.8) is 0 Å². The molecule has 1 heterocycles. The van der Waals surface area contributed by atoms with E-state index in [2.05, 4.69) is 0 Å². The number of nitro groups is 1. The first-order valence-electron chi connectivity index (χ1n) is 2.87. The molecule has 0 saturated carbocycles. The van der Waals surface area contributed by atoms with Crippen molar-refractivity contribution in [3.05, 3.63) is 31.5 Å². The van der Waals surface area contributed by atoms with E-state index in [1.165, 1.54) is 6.08 Å². The third kappa shape index (κ3) is 1.79. The van der Waals surface area contributed by atoms with Crippen LogP contribution < -0.4 is 0 Å². The third-order valence-corrected chi connectivity index (χ3v) is 8.42. The van der Waals surface area contributed by atoms with Gasteiger partial charge in [-0.1, -0.05) is 0 Å². The Kier molecular flexibility index (Phi) is 2.86. The van der Waals surface area contributed by atoms with Gasteiger partial charge in [-0.05, 0) is 0 Å². The number of hydrogen-bond acceptors (Lipinski definition) is 2. The van der Waals surface area contributed by atoms with Crippen LogP contribution in [0.2, 0.25) is 0 Å². The van der Waals surface area contributed by atoms with Gasteiger partial charge in [-0.25, -0.2) is 0 Å². The predicted molar refractivity (Wildman–Crippen MR) is 33.9 cm³/mol. The molecule has 0 aliphatic carbocycles. The Morgan fingerprint density at radius 3 is 2.90 bits per heavy atom. The van der Waals surface area contributed by atoms with E-state index in [0.29, 0.717) is 0 Å². The molecule has 1 aliphatic rings. The van der Waals surface area contributed by atoms with Gasteiger partial charge in [-0.3, -0.25) is 0 Å². The number of rotatable bonds is 1. The summed E-state index contributed by atoms with van der Waals surface area (Å²) < 4.78 is 1.80. The van der Waals surface area contributed by atoms with Crippen LogP contribution in [0.3, 0.4) is 0 Å². The maximum absolute atomic E-state index is 10.2. The summed E-state index contributed by atoms with van der Waals surface area (Å²) in [6.45, 7) is 0. The molecule has 0 amide bonds. The van der Waals surface area contributed by atoms with Crippen LogP contribution in [0.1, 0.15) is 0 Å². The van der Waals surface area contributed by atoms with Gasteiger partial charge in [0.05, 0.1) is 0 Å². The number of alkyl halides is 1. The Morgan fingerprint density at radius 1 is 1.80 bits per heavy atom. The molecule has 0 fully saturated rings. The zero-order valence-electron chi connectivity index (χ0n) is 5.16. The van der Waals surface area contributed by atoms with Crippen LogP contribution in [-0.2, 0) is 24.6 Å².